The van der Waals surface area contributed by atoms with Crippen LogP contribution in [0.3, 0.4) is 0 Å². The smallest absolute Gasteiger partial charge is 0.249 e. The lowest BCUT2D eigenvalue weighted by atomic mass is 9.98. The average Bonchev–Trinajstić information content (AvgIpc) is 3.17. The van der Waals surface area contributed by atoms with Gasteiger partial charge in [0, 0.05) is 39.5 Å². The number of fused-ring (bicyclic) bond motifs is 3. The van der Waals surface area contributed by atoms with Gasteiger partial charge in [-0.1, -0.05) is 86.6 Å². The van der Waals surface area contributed by atoms with E-state index in [9.17, 15) is 9.59 Å². The fraction of sp³-hybridized carbons (Fsp3) is 0.133. The molecule has 0 aliphatic carbocycles. The molecule has 34 heavy (non-hydrogen) atoms. The Hall–Kier alpha value is -4.18. The van der Waals surface area contributed by atoms with E-state index < -0.39 is 5.91 Å². The predicted molar refractivity (Wildman–Crippen MR) is 137 cm³/mol. The number of benzene rings is 4. The summed E-state index contributed by atoms with van der Waals surface area (Å²) in [7, 11) is 0. The maximum Gasteiger partial charge on any atom is 0.249 e. The number of carbonyl (C=O) groups excluding carboxylic acids is 2. The van der Waals surface area contributed by atoms with Gasteiger partial charge in [-0.05, 0) is 35.2 Å². The van der Waals surface area contributed by atoms with Gasteiger partial charge < -0.3 is 10.3 Å². The molecule has 5 rings (SSSR count). The van der Waals surface area contributed by atoms with Crippen molar-refractivity contribution in [2.24, 2.45) is 5.73 Å². The molecule has 2 N–H and O–H groups in total. The molecular formula is C30H26N2O2. The van der Waals surface area contributed by atoms with Gasteiger partial charge in [-0.15, -0.1) is 0 Å². The lowest BCUT2D eigenvalue weighted by molar-refractivity contribution is 0.1000. The minimum Gasteiger partial charge on any atom is -0.366 e. The molecule has 4 aromatic carbocycles. The second-order valence-corrected chi connectivity index (χ2v) is 8.93. The van der Waals surface area contributed by atoms with E-state index in [1.807, 2.05) is 66.7 Å². The fourth-order valence-corrected chi connectivity index (χ4v) is 4.69. The highest BCUT2D eigenvalue weighted by Gasteiger charge is 2.19. The van der Waals surface area contributed by atoms with Crippen molar-refractivity contribution in [1.29, 1.82) is 0 Å². The Morgan fingerprint density at radius 1 is 0.794 bits per heavy atom. The first kappa shape index (κ1) is 21.7. The van der Waals surface area contributed by atoms with Gasteiger partial charge in [0.2, 0.25) is 5.91 Å². The first-order valence-corrected chi connectivity index (χ1v) is 11.5. The highest BCUT2D eigenvalue weighted by atomic mass is 16.1. The molecule has 168 valence electrons. The number of rotatable bonds is 6. The first-order valence-electron chi connectivity index (χ1n) is 11.5. The molecular weight excluding hydrogens is 420 g/mol. The van der Waals surface area contributed by atoms with E-state index in [-0.39, 0.29) is 5.78 Å². The van der Waals surface area contributed by atoms with Gasteiger partial charge in [0.25, 0.3) is 0 Å². The predicted octanol–water partition coefficient (Wildman–Crippen LogP) is 6.30. The minimum atomic E-state index is -0.447. The van der Waals surface area contributed by atoms with Crippen molar-refractivity contribution in [3.8, 4) is 0 Å². The third kappa shape index (κ3) is 3.67. The van der Waals surface area contributed by atoms with Crippen LogP contribution in [0.25, 0.3) is 21.8 Å². The van der Waals surface area contributed by atoms with Crippen LogP contribution < -0.4 is 5.73 Å². The number of hydrogen-bond acceptors (Lipinski definition) is 2. The molecule has 0 bridgehead atoms. The molecule has 4 nitrogen and oxygen atoms in total. The summed E-state index contributed by atoms with van der Waals surface area (Å²) in [6.45, 7) is 4.83. The molecule has 0 aliphatic rings. The van der Waals surface area contributed by atoms with Crippen molar-refractivity contribution in [3.63, 3.8) is 0 Å². The van der Waals surface area contributed by atoms with E-state index in [4.69, 9.17) is 5.73 Å². The zero-order valence-electron chi connectivity index (χ0n) is 19.3. The second-order valence-electron chi connectivity index (χ2n) is 8.93. The van der Waals surface area contributed by atoms with Crippen molar-refractivity contribution in [1.82, 2.24) is 4.57 Å². The van der Waals surface area contributed by atoms with Crippen molar-refractivity contribution in [2.45, 2.75) is 26.3 Å². The van der Waals surface area contributed by atoms with E-state index in [1.165, 1.54) is 5.56 Å². The molecule has 0 atom stereocenters. The van der Waals surface area contributed by atoms with Crippen molar-refractivity contribution in [2.75, 3.05) is 0 Å². The van der Waals surface area contributed by atoms with Crippen LogP contribution in [0.1, 0.15) is 57.2 Å². The lowest BCUT2D eigenvalue weighted by Crippen LogP contribution is -2.11. The van der Waals surface area contributed by atoms with Crippen molar-refractivity contribution in [3.05, 3.63) is 119 Å². The zero-order valence-corrected chi connectivity index (χ0v) is 19.3. The Labute approximate surface area is 198 Å². The van der Waals surface area contributed by atoms with Gasteiger partial charge in [0.1, 0.15) is 0 Å². The molecule has 5 aromatic rings. The Morgan fingerprint density at radius 2 is 1.50 bits per heavy atom. The van der Waals surface area contributed by atoms with Gasteiger partial charge >= 0.3 is 0 Å². The molecule has 0 aliphatic heterocycles. The number of hydrogen-bond donors (Lipinski definition) is 1. The number of ketones is 1. The molecule has 0 spiro atoms. The Bertz CT molecular complexity index is 1540. The molecule has 1 aromatic heterocycles. The molecule has 0 radical (unpaired) electrons. The van der Waals surface area contributed by atoms with Crippen LogP contribution in [0.2, 0.25) is 0 Å². The summed E-state index contributed by atoms with van der Waals surface area (Å²) in [6.07, 6.45) is 0. The van der Waals surface area contributed by atoms with Crippen LogP contribution in [0.5, 0.6) is 0 Å². The number of nitrogens with two attached hydrogens (primary N) is 1. The summed E-state index contributed by atoms with van der Waals surface area (Å²) >= 11 is 0. The number of amides is 1. The highest BCUT2D eigenvalue weighted by Crippen LogP contribution is 2.34. The topological polar surface area (TPSA) is 65.1 Å². The number of aromatic nitrogens is 1. The standard InChI is InChI=1S/C30H26N2O2/c1-19(2)21-15-16-24-27(17-21)32(26-14-8-13-25(28(24)26)30(31)34)18-22-11-6-7-12-23(22)29(33)20-9-4-3-5-10-20/h3-17,19H,18H2,1-2H3,(H2,31,34). The van der Waals surface area contributed by atoms with E-state index in [1.54, 1.807) is 6.07 Å². The summed E-state index contributed by atoms with van der Waals surface area (Å²) in [6, 6.07) is 29.1. The molecule has 1 heterocycles. The number of carbonyl (C=O) groups is 2. The van der Waals surface area contributed by atoms with Crippen LogP contribution in [0.4, 0.5) is 0 Å². The van der Waals surface area contributed by atoms with Gasteiger partial charge in [-0.3, -0.25) is 9.59 Å². The third-order valence-corrected chi connectivity index (χ3v) is 6.47. The van der Waals surface area contributed by atoms with Crippen LogP contribution in [0.15, 0.2) is 91.0 Å². The molecule has 1 amide bonds. The number of nitrogens with zero attached hydrogens (tertiary/aromatic N) is 1. The molecule has 0 fully saturated rings. The van der Waals surface area contributed by atoms with Gasteiger partial charge in [-0.2, -0.15) is 0 Å². The molecule has 0 unspecified atom stereocenters. The fourth-order valence-electron chi connectivity index (χ4n) is 4.69. The summed E-state index contributed by atoms with van der Waals surface area (Å²) in [5.41, 5.74) is 11.7. The summed E-state index contributed by atoms with van der Waals surface area (Å²) in [5.74, 6) is -0.0895. The largest absolute Gasteiger partial charge is 0.366 e. The maximum atomic E-state index is 13.3. The van der Waals surface area contributed by atoms with E-state index in [0.29, 0.717) is 29.2 Å². The molecule has 4 heteroatoms. The minimum absolute atomic E-state index is 0.00217. The zero-order chi connectivity index (χ0) is 23.8. The van der Waals surface area contributed by atoms with Gasteiger partial charge in [-0.25, -0.2) is 0 Å². The monoisotopic (exact) mass is 446 g/mol. The summed E-state index contributed by atoms with van der Waals surface area (Å²) in [4.78, 5) is 25.6. The number of primary amides is 1. The SMILES string of the molecule is CC(C)c1ccc2c3c(C(N)=O)cccc3n(Cc3ccccc3C(=O)c3ccccc3)c2c1. The van der Waals surface area contributed by atoms with Crippen LogP contribution in [-0.4, -0.2) is 16.3 Å². The normalized spacial score (nSPS) is 11.4. The van der Waals surface area contributed by atoms with E-state index in [2.05, 4.69) is 36.6 Å². The lowest BCUT2D eigenvalue weighted by Gasteiger charge is -2.13. The maximum absolute atomic E-state index is 13.3. The second kappa shape index (κ2) is 8.64. The van der Waals surface area contributed by atoms with Crippen molar-refractivity contribution >= 4 is 33.5 Å². The molecule has 0 saturated carbocycles. The summed E-state index contributed by atoms with van der Waals surface area (Å²) < 4.78 is 2.19. The van der Waals surface area contributed by atoms with E-state index >= 15 is 0 Å². The van der Waals surface area contributed by atoms with Crippen molar-refractivity contribution < 1.29 is 9.59 Å². The quantitative estimate of drug-likeness (QED) is 0.311. The van der Waals surface area contributed by atoms with Crippen LogP contribution >= 0.6 is 0 Å². The average molecular weight is 447 g/mol. The van der Waals surface area contributed by atoms with E-state index in [0.717, 1.165) is 27.4 Å². The Kier molecular flexibility index (Phi) is 5.50. The first-order chi connectivity index (χ1) is 16.5. The van der Waals surface area contributed by atoms with Crippen LogP contribution in [-0.2, 0) is 6.54 Å². The van der Waals surface area contributed by atoms with Gasteiger partial charge in [0.15, 0.2) is 5.78 Å². The summed E-state index contributed by atoms with van der Waals surface area (Å²) in [5, 5.41) is 1.84. The third-order valence-electron chi connectivity index (χ3n) is 6.47. The van der Waals surface area contributed by atoms with Gasteiger partial charge in [0.05, 0.1) is 5.52 Å². The van der Waals surface area contributed by atoms with Crippen LogP contribution in [0, 0.1) is 0 Å². The molecule has 0 saturated heterocycles. The highest BCUT2D eigenvalue weighted by molar-refractivity contribution is 6.18. The Balaban J connectivity index is 1.74. The Morgan fingerprint density at radius 3 is 2.24 bits per heavy atom.